The molecular formula is C72H131N19O21. The first-order chi connectivity index (χ1) is 52.2. The van der Waals surface area contributed by atoms with E-state index in [1.807, 2.05) is 13.8 Å². The molecule has 0 fully saturated rings. The summed E-state index contributed by atoms with van der Waals surface area (Å²) in [7, 11) is 0. The smallest absolute Gasteiger partial charge is 0.326 e. The highest BCUT2D eigenvalue weighted by molar-refractivity contribution is 6.00. The number of carboxylic acids is 1. The Balaban J connectivity index is 5.80. The fourth-order valence-electron chi connectivity index (χ4n) is 10.9. The van der Waals surface area contributed by atoms with E-state index in [1.54, 1.807) is 69.2 Å². The highest BCUT2D eigenvalue weighted by Crippen LogP contribution is 2.15. The van der Waals surface area contributed by atoms with Crippen molar-refractivity contribution in [3.8, 4) is 0 Å². The van der Waals surface area contributed by atoms with Gasteiger partial charge in [0.2, 0.25) is 94.5 Å². The number of rotatable bonds is 54. The summed E-state index contributed by atoms with van der Waals surface area (Å²) in [6.45, 7) is 23.4. The van der Waals surface area contributed by atoms with Gasteiger partial charge in [0.05, 0.1) is 45.0 Å². The number of carboxylic acid groups (broad SMARTS) is 1. The van der Waals surface area contributed by atoms with E-state index < -0.39 is 254 Å². The van der Waals surface area contributed by atoms with Crippen molar-refractivity contribution >= 4 is 100 Å². The van der Waals surface area contributed by atoms with Crippen molar-refractivity contribution in [1.29, 1.82) is 0 Å². The van der Waals surface area contributed by atoms with Crippen LogP contribution in [-0.4, -0.2) is 258 Å². The first-order valence-corrected chi connectivity index (χ1v) is 38.3. The lowest BCUT2D eigenvalue weighted by atomic mass is 9.97. The maximum atomic E-state index is 13.9. The van der Waals surface area contributed by atoms with Crippen LogP contribution in [0.1, 0.15) is 175 Å². The van der Waals surface area contributed by atoms with E-state index in [1.165, 1.54) is 34.6 Å². The molecule has 26 N–H and O–H groups in total. The monoisotopic (exact) mass is 1600 g/mol. The second kappa shape index (κ2) is 52.9. The van der Waals surface area contributed by atoms with Crippen molar-refractivity contribution < 1.29 is 102 Å². The van der Waals surface area contributed by atoms with Gasteiger partial charge in [-0.1, -0.05) is 110 Å². The van der Waals surface area contributed by atoms with Crippen molar-refractivity contribution in [2.24, 2.45) is 58.6 Å². The molecule has 40 nitrogen and oxygen atoms in total. The van der Waals surface area contributed by atoms with Crippen LogP contribution in [0.25, 0.3) is 0 Å². The van der Waals surface area contributed by atoms with E-state index in [9.17, 15) is 102 Å². The number of amides is 16. The summed E-state index contributed by atoms with van der Waals surface area (Å²) in [5.74, 6) is -18.6. The number of hydrogen-bond acceptors (Lipinski definition) is 23. The number of aliphatic hydroxyl groups is 3. The Labute approximate surface area is 655 Å². The van der Waals surface area contributed by atoms with E-state index in [0.717, 1.165) is 0 Å². The molecule has 40 heteroatoms. The van der Waals surface area contributed by atoms with E-state index in [4.69, 9.17) is 17.2 Å². The Morgan fingerprint density at radius 1 is 0.321 bits per heavy atom. The van der Waals surface area contributed by atoms with Gasteiger partial charge < -0.3 is 123 Å². The average Bonchev–Trinajstić information content (AvgIpc) is 0.847. The number of nitrogens with two attached hydrogens (primary N) is 3. The lowest BCUT2D eigenvalue weighted by molar-refractivity contribution is -0.144. The molecule has 0 aliphatic carbocycles. The molecule has 16 atom stereocenters. The number of nitrogens with one attached hydrogen (secondary N) is 16. The molecule has 112 heavy (non-hydrogen) atoms. The molecule has 0 bridgehead atoms. The number of unbranched alkanes of at least 4 members (excludes halogenated alkanes) is 2. The first kappa shape index (κ1) is 103. The van der Waals surface area contributed by atoms with Crippen molar-refractivity contribution in [2.75, 3.05) is 45.9 Å². The predicted octanol–water partition coefficient (Wildman–Crippen LogP) is -6.53. The third kappa shape index (κ3) is 38.3. The van der Waals surface area contributed by atoms with Gasteiger partial charge in [0.25, 0.3) is 0 Å². The van der Waals surface area contributed by atoms with Crippen LogP contribution >= 0.6 is 0 Å². The molecule has 0 saturated heterocycles. The number of aliphatic carboxylic acids is 1. The Bertz CT molecular complexity index is 3120. The van der Waals surface area contributed by atoms with Crippen molar-refractivity contribution in [3.63, 3.8) is 0 Å². The topological polar surface area (TPSA) is 642 Å². The fourth-order valence-corrected chi connectivity index (χ4v) is 10.9. The van der Waals surface area contributed by atoms with Crippen LogP contribution < -0.4 is 102 Å². The standard InChI is InChI=1S/C72H131N19O21/c1-18-40(14)57(72(111)112)90-71(110)58(43(17)94)91-65(104)46(27-34(2)3)82-60(99)42(16)80-66(105)49(33-93)85-63(102)45(24-20-22-26-74)81-51(96)30-78-67(106)53(36(6)7)86-52(97)31-76-62(101)48(32-92)84-59(98)41(15)79-50(95)29-77-68(107)54(37(8)9)88-70(109)56(39(12)13)89-69(108)55(38(10)11)87-64(103)47(28-35(4)5)83-61(100)44(75)23-19-21-25-73/h34-49,53-58,92-94H,18-33,73-75H2,1-17H3,(H,76,101)(H,77,107)(H,78,106)(H,79,95)(H,80,105)(H,81,96)(H,82,99)(H,83,100)(H,84,98)(H,85,102)(H,86,97)(H,87,103)(H,88,109)(H,89,108)(H,90,110)(H,91,104)(H,111,112)/t40-,41-,42-,43+,44-,45-,46-,47-,48-,49-,53-,54-,55-,56-,57-,58-/m0/s1. The molecule has 640 valence electrons. The molecular weight excluding hydrogens is 1470 g/mol. The number of carbonyl (C=O) groups excluding carboxylic acids is 16. The summed E-state index contributed by atoms with van der Waals surface area (Å²) in [6.07, 6.45) is 1.28. The quantitative estimate of drug-likeness (QED) is 0.0252. The largest absolute Gasteiger partial charge is 0.480 e. The minimum Gasteiger partial charge on any atom is -0.480 e. The van der Waals surface area contributed by atoms with Gasteiger partial charge in [-0.15, -0.1) is 0 Å². The van der Waals surface area contributed by atoms with Crippen molar-refractivity contribution in [3.05, 3.63) is 0 Å². The zero-order valence-electron chi connectivity index (χ0n) is 68.0. The maximum Gasteiger partial charge on any atom is 0.326 e. The first-order valence-electron chi connectivity index (χ1n) is 38.3. The molecule has 16 amide bonds. The Morgan fingerprint density at radius 3 is 1.05 bits per heavy atom. The van der Waals surface area contributed by atoms with Crippen LogP contribution in [0.15, 0.2) is 0 Å². The van der Waals surface area contributed by atoms with Gasteiger partial charge in [0.15, 0.2) is 0 Å². The number of carbonyl (C=O) groups is 17. The van der Waals surface area contributed by atoms with Crippen molar-refractivity contribution in [2.45, 2.75) is 266 Å². The highest BCUT2D eigenvalue weighted by Gasteiger charge is 2.39. The van der Waals surface area contributed by atoms with E-state index in [-0.39, 0.29) is 44.1 Å². The van der Waals surface area contributed by atoms with Gasteiger partial charge in [-0.25, -0.2) is 4.79 Å². The van der Waals surface area contributed by atoms with E-state index in [0.29, 0.717) is 38.6 Å². The Morgan fingerprint density at radius 2 is 0.643 bits per heavy atom. The minimum atomic E-state index is -1.72. The molecule has 0 rings (SSSR count). The van der Waals surface area contributed by atoms with Crippen LogP contribution in [0.4, 0.5) is 0 Å². The van der Waals surface area contributed by atoms with Gasteiger partial charge >= 0.3 is 5.97 Å². The van der Waals surface area contributed by atoms with Crippen LogP contribution in [0.5, 0.6) is 0 Å². The summed E-state index contributed by atoms with van der Waals surface area (Å²) in [5, 5.41) is 79.4. The average molecular weight is 1600 g/mol. The molecule has 0 aromatic rings. The predicted molar refractivity (Wildman–Crippen MR) is 410 cm³/mol. The zero-order valence-corrected chi connectivity index (χ0v) is 68.0. The van der Waals surface area contributed by atoms with Gasteiger partial charge in [-0.05, 0) is 120 Å². The molecule has 0 unspecified atom stereocenters. The van der Waals surface area contributed by atoms with Gasteiger partial charge in [-0.3, -0.25) is 76.7 Å². The summed E-state index contributed by atoms with van der Waals surface area (Å²) >= 11 is 0. The lowest BCUT2D eigenvalue weighted by Gasteiger charge is -2.30. The van der Waals surface area contributed by atoms with Crippen LogP contribution in [-0.2, 0) is 81.5 Å². The molecule has 0 aromatic carbocycles. The molecule has 0 heterocycles. The maximum absolute atomic E-state index is 13.9. The normalized spacial score (nSPS) is 15.7. The molecule has 0 aliphatic rings. The van der Waals surface area contributed by atoms with Crippen LogP contribution in [0.2, 0.25) is 0 Å². The molecule has 0 radical (unpaired) electrons. The number of hydrogen-bond donors (Lipinski definition) is 23. The van der Waals surface area contributed by atoms with Gasteiger partial charge in [-0.2, -0.15) is 0 Å². The second-order valence-electron chi connectivity index (χ2n) is 30.3. The summed E-state index contributed by atoms with van der Waals surface area (Å²) in [6, 6.07) is -18.9. The summed E-state index contributed by atoms with van der Waals surface area (Å²) < 4.78 is 0. The molecule has 0 saturated carbocycles. The molecule has 0 aromatic heterocycles. The summed E-state index contributed by atoms with van der Waals surface area (Å²) in [4.78, 5) is 227. The number of aliphatic hydroxyl groups excluding tert-OH is 3. The van der Waals surface area contributed by atoms with Gasteiger partial charge in [0.1, 0.15) is 78.5 Å². The zero-order chi connectivity index (χ0) is 86.1. The van der Waals surface area contributed by atoms with Crippen LogP contribution in [0.3, 0.4) is 0 Å². The molecule has 0 spiro atoms. The van der Waals surface area contributed by atoms with Gasteiger partial charge in [0, 0.05) is 0 Å². The summed E-state index contributed by atoms with van der Waals surface area (Å²) in [5.41, 5.74) is 17.3. The SMILES string of the molecule is CC[C@H](C)[C@H](NC(=O)[C@@H](NC(=O)[C@H](CC(C)C)NC(=O)[C@H](C)NC(=O)[C@H](CO)NC(=O)[C@H](CCCCN)NC(=O)CNC(=O)[C@@H](NC(=O)CNC(=O)[C@H](CO)NC(=O)[C@H](C)NC(=O)CNC(=O)[C@@H](NC(=O)[C@@H](NC(=O)[C@@H](NC(=O)[C@H](CC(C)C)NC(=O)[C@@H](N)CCCCN)C(C)C)C(C)C)C(C)C)C(C)C)[C@@H](C)O)C(=O)O. The van der Waals surface area contributed by atoms with E-state index >= 15 is 0 Å². The Hall–Kier alpha value is -9.25. The third-order valence-corrected chi connectivity index (χ3v) is 17.9. The van der Waals surface area contributed by atoms with E-state index in [2.05, 4.69) is 85.1 Å². The minimum absolute atomic E-state index is 0.00928. The van der Waals surface area contributed by atoms with Crippen LogP contribution in [0, 0.1) is 41.4 Å². The third-order valence-electron chi connectivity index (χ3n) is 17.9. The fraction of sp³-hybridized carbons (Fsp3) is 0.764. The lowest BCUT2D eigenvalue weighted by Crippen LogP contribution is -2.61. The highest BCUT2D eigenvalue weighted by atomic mass is 16.4. The Kier molecular flexibility index (Phi) is 48.5. The molecule has 0 aliphatic heterocycles. The second-order valence-corrected chi connectivity index (χ2v) is 30.3. The van der Waals surface area contributed by atoms with Crippen molar-refractivity contribution in [1.82, 2.24) is 85.1 Å².